The zero-order valence-electron chi connectivity index (χ0n) is 76.6. The molecule has 0 unspecified atom stereocenters. The zero-order valence-corrected chi connectivity index (χ0v) is 86.6. The van der Waals surface area contributed by atoms with Crippen LogP contribution < -0.4 is 28.8 Å². The monoisotopic (exact) mass is 1770 g/mol. The van der Waals surface area contributed by atoms with Crippen molar-refractivity contribution in [3.05, 3.63) is 0 Å². The first kappa shape index (κ1) is 121. The summed E-state index contributed by atoms with van der Waals surface area (Å²) in [7, 11) is -23.4. The van der Waals surface area contributed by atoms with Crippen LogP contribution in [0.1, 0.15) is 374 Å². The summed E-state index contributed by atoms with van der Waals surface area (Å²) in [6.45, 7) is 98.5. The predicted octanol–water partition coefficient (Wildman–Crippen LogP) is 13.4. The van der Waals surface area contributed by atoms with E-state index in [1.807, 2.05) is 374 Å². The van der Waals surface area contributed by atoms with Crippen molar-refractivity contribution < 1.29 is 151 Å². The van der Waals surface area contributed by atoms with Crippen LogP contribution >= 0.6 is 0 Å². The van der Waals surface area contributed by atoms with Crippen molar-refractivity contribution in [3.63, 3.8) is 0 Å². The van der Waals surface area contributed by atoms with E-state index in [4.69, 9.17) is 79.7 Å². The van der Waals surface area contributed by atoms with E-state index in [1.54, 1.807) is 0 Å². The molecule has 0 spiro atoms. The van der Waals surface area contributed by atoms with Crippen LogP contribution in [0.5, 0.6) is 0 Å². The van der Waals surface area contributed by atoms with Crippen LogP contribution in [0, 0.1) is 0 Å². The quantitative estimate of drug-likeness (QED) is 0.115. The van der Waals surface area contributed by atoms with Crippen LogP contribution in [0.25, 0.3) is 0 Å². The van der Waals surface area contributed by atoms with Gasteiger partial charge in [0.2, 0.25) is 0 Å². The van der Waals surface area contributed by atoms with Gasteiger partial charge in [-0.05, 0) is 374 Å². The van der Waals surface area contributed by atoms with Crippen molar-refractivity contribution in [1.29, 1.82) is 0 Å². The van der Waals surface area contributed by atoms with E-state index in [-0.39, 0.29) is 42.1 Å². The van der Waals surface area contributed by atoms with Crippen LogP contribution in [-0.4, -0.2) is 155 Å². The van der Waals surface area contributed by atoms with Crippen LogP contribution in [0.2, 0.25) is 0 Å². The molecule has 0 aromatic carbocycles. The third-order valence-electron chi connectivity index (χ3n) is 7.76. The molecule has 0 fully saturated rings. The standard InChI is InChI=1S/6C12H27O4Si.2Mo/c6*1-10(2,3)14-17(13,15-11(4,5)6)16-12(7,8)9;;/h6*1-9H3;;/q6*-1;2*+3. The fraction of sp³-hybridized carbons (Fsp3) is 1.00. The largest absolute Gasteiger partial charge is 3.00 e. The molecule has 0 bridgehead atoms. The Bertz CT molecular complexity index is 1660. The third kappa shape index (κ3) is 90.9. The van der Waals surface area contributed by atoms with Gasteiger partial charge in [0.25, 0.3) is 0 Å². The number of rotatable bonds is 18. The van der Waals surface area contributed by atoms with Gasteiger partial charge >= 0.3 is 96.4 Å². The minimum atomic E-state index is -3.91. The molecule has 0 aliphatic rings. The maximum atomic E-state index is 12.6. The Morgan fingerprint density at radius 2 is 0.135 bits per heavy atom. The number of hydrogen-bond donors (Lipinski definition) is 0. The Balaban J connectivity index is -0.000000177. The second-order valence-corrected chi connectivity index (χ2v) is 52.5. The molecule has 0 N–H and O–H groups in total. The SMILES string of the molecule is CC(C)(C)O[Si]([O-])(OC(C)(C)C)OC(C)(C)C.CC(C)(C)O[Si]([O-])(OC(C)(C)C)OC(C)(C)C.CC(C)(C)O[Si]([O-])(OC(C)(C)C)OC(C)(C)C.CC(C)(C)O[Si]([O-])(OC(C)(C)C)OC(C)(C)C.CC(C)(C)O[Si]([O-])(OC(C)(C)C)OC(C)(C)C.CC(C)(C)O[Si]([O-])(OC(C)(C)C)OC(C)(C)C.[Mo+3].[Mo+3]. The van der Waals surface area contributed by atoms with Crippen molar-refractivity contribution in [1.82, 2.24) is 0 Å². The first-order valence-corrected chi connectivity index (χ1v) is 45.4. The Kier molecular flexibility index (Phi) is 49.1. The summed E-state index contributed by atoms with van der Waals surface area (Å²) >= 11 is 0. The minimum Gasteiger partial charge on any atom is -0.793 e. The van der Waals surface area contributed by atoms with Crippen molar-refractivity contribution in [2.75, 3.05) is 0 Å². The van der Waals surface area contributed by atoms with E-state index in [0.717, 1.165) is 0 Å². The van der Waals surface area contributed by atoms with Crippen LogP contribution in [0.3, 0.4) is 0 Å². The molecule has 24 nitrogen and oxygen atoms in total. The van der Waals surface area contributed by atoms with Crippen molar-refractivity contribution >= 4 is 54.3 Å². The zero-order chi connectivity index (χ0) is 84.7. The first-order chi connectivity index (χ1) is 42.7. The second kappa shape index (κ2) is 42.0. The molecule has 0 saturated carbocycles. The van der Waals surface area contributed by atoms with Crippen LogP contribution in [-0.2, 0) is 122 Å². The predicted molar refractivity (Wildman–Crippen MR) is 410 cm³/mol. The first-order valence-electron chi connectivity index (χ1n) is 35.6. The average molecular weight is 1770 g/mol. The minimum absolute atomic E-state index is 0. The maximum absolute atomic E-state index is 12.6. The summed E-state index contributed by atoms with van der Waals surface area (Å²) in [4.78, 5) is 75.7. The van der Waals surface area contributed by atoms with E-state index >= 15 is 0 Å². The average Bonchev–Trinajstić information content (AvgIpc) is 3.03. The van der Waals surface area contributed by atoms with Gasteiger partial charge in [-0.3, -0.25) is 0 Å². The molecule has 104 heavy (non-hydrogen) atoms. The maximum Gasteiger partial charge on any atom is 3.00 e. The van der Waals surface area contributed by atoms with Gasteiger partial charge in [0.1, 0.15) is 0 Å². The molecule has 0 aromatic rings. The van der Waals surface area contributed by atoms with Gasteiger partial charge in [-0.15, -0.1) is 0 Å². The Morgan fingerprint density at radius 1 is 0.106 bits per heavy atom. The Hall–Kier alpha value is 1.72. The summed E-state index contributed by atoms with van der Waals surface area (Å²) in [5.74, 6) is 0. The molecule has 2 radical (unpaired) electrons. The summed E-state index contributed by atoms with van der Waals surface area (Å²) in [5.41, 5.74) is -10.4. The van der Waals surface area contributed by atoms with Crippen LogP contribution in [0.15, 0.2) is 0 Å². The Labute approximate surface area is 675 Å². The van der Waals surface area contributed by atoms with Crippen molar-refractivity contribution in [2.45, 2.75) is 475 Å². The van der Waals surface area contributed by atoms with E-state index in [2.05, 4.69) is 0 Å². The summed E-state index contributed by atoms with van der Waals surface area (Å²) < 4.78 is 99.3. The molecule has 0 saturated heterocycles. The van der Waals surface area contributed by atoms with Crippen molar-refractivity contribution in [2.24, 2.45) is 0 Å². The van der Waals surface area contributed by atoms with Gasteiger partial charge in [-0.25, -0.2) is 0 Å². The van der Waals surface area contributed by atoms with Gasteiger partial charge in [0.05, 0.1) is 101 Å². The van der Waals surface area contributed by atoms with E-state index < -0.39 is 155 Å². The van der Waals surface area contributed by atoms with Gasteiger partial charge in [0, 0.05) is 0 Å². The summed E-state index contributed by atoms with van der Waals surface area (Å²) in [6.07, 6.45) is 0. The second-order valence-electron chi connectivity index (χ2n) is 42.9. The van der Waals surface area contributed by atoms with E-state index in [9.17, 15) is 28.8 Å². The Morgan fingerprint density at radius 3 is 0.154 bits per heavy atom. The molecule has 0 aliphatic heterocycles. The molecule has 0 aromatic heterocycles. The molecule has 0 heterocycles. The normalized spacial score (nSPS) is 14.9. The molecular formula is C72H162Mo2O24Si6. The topological polar surface area (TPSA) is 304 Å². The van der Waals surface area contributed by atoms with Gasteiger partial charge in [-0.2, -0.15) is 0 Å². The molecule has 0 rings (SSSR count). The molecular weight excluding hydrogens is 1610 g/mol. The smallest absolute Gasteiger partial charge is 0.793 e. The third-order valence-corrected chi connectivity index (χ3v) is 23.3. The fourth-order valence-corrected chi connectivity index (χ4v) is 21.4. The summed E-state index contributed by atoms with van der Waals surface area (Å²) in [6, 6.07) is 0. The fourth-order valence-electron chi connectivity index (χ4n) is 7.13. The number of hydrogen-bond acceptors (Lipinski definition) is 24. The molecule has 0 amide bonds. The molecule has 0 atom stereocenters. The summed E-state index contributed by atoms with van der Waals surface area (Å²) in [5, 5.41) is 0. The van der Waals surface area contributed by atoms with Gasteiger partial charge in [-0.1, -0.05) is 0 Å². The van der Waals surface area contributed by atoms with Crippen molar-refractivity contribution in [3.8, 4) is 0 Å². The van der Waals surface area contributed by atoms with Crippen LogP contribution in [0.4, 0.5) is 0 Å². The van der Waals surface area contributed by atoms with E-state index in [0.29, 0.717) is 0 Å². The van der Waals surface area contributed by atoms with Gasteiger partial charge < -0.3 is 108 Å². The molecule has 0 aliphatic carbocycles. The molecule has 32 heteroatoms. The van der Waals surface area contributed by atoms with E-state index in [1.165, 1.54) is 0 Å². The van der Waals surface area contributed by atoms with Gasteiger partial charge in [0.15, 0.2) is 0 Å². The molecule has 630 valence electrons.